The number of carbonyl (C=O) groups is 2. The number of halogens is 2. The SMILES string of the molecule is Cc1cccc(CSCC(=O)N(Cc2ccc(Cl)c(Cl)c2)[C@@H](Cc2ccccc2)C(=O)NC(C)C)c1. The van der Waals surface area contributed by atoms with Crippen LogP contribution in [-0.4, -0.2) is 34.6 Å². The normalized spacial score (nSPS) is 11.8. The second kappa shape index (κ2) is 13.7. The van der Waals surface area contributed by atoms with Crippen molar-refractivity contribution in [1.82, 2.24) is 10.2 Å². The molecule has 3 aromatic rings. The Morgan fingerprint density at radius 3 is 2.28 bits per heavy atom. The lowest BCUT2D eigenvalue weighted by Gasteiger charge is -2.32. The van der Waals surface area contributed by atoms with Crippen molar-refractivity contribution >= 4 is 46.8 Å². The third kappa shape index (κ3) is 8.58. The Hall–Kier alpha value is -2.47. The van der Waals surface area contributed by atoms with Crippen LogP contribution in [0.15, 0.2) is 72.8 Å². The van der Waals surface area contributed by atoms with Crippen LogP contribution in [0.5, 0.6) is 0 Å². The van der Waals surface area contributed by atoms with Crippen molar-refractivity contribution in [3.05, 3.63) is 105 Å². The highest BCUT2D eigenvalue weighted by molar-refractivity contribution is 7.99. The van der Waals surface area contributed by atoms with Crippen LogP contribution in [0.25, 0.3) is 0 Å². The average Bonchev–Trinajstić information content (AvgIpc) is 2.83. The van der Waals surface area contributed by atoms with Gasteiger partial charge in [-0.15, -0.1) is 11.8 Å². The van der Waals surface area contributed by atoms with E-state index in [1.807, 2.05) is 56.3 Å². The van der Waals surface area contributed by atoms with E-state index in [0.717, 1.165) is 16.9 Å². The van der Waals surface area contributed by atoms with Gasteiger partial charge in [-0.25, -0.2) is 0 Å². The van der Waals surface area contributed by atoms with Gasteiger partial charge in [0.2, 0.25) is 11.8 Å². The first-order valence-corrected chi connectivity index (χ1v) is 13.8. The summed E-state index contributed by atoms with van der Waals surface area (Å²) >= 11 is 13.9. The predicted octanol–water partition coefficient (Wildman–Crippen LogP) is 6.70. The van der Waals surface area contributed by atoms with E-state index in [9.17, 15) is 9.59 Å². The maximum atomic E-state index is 13.6. The molecule has 0 aliphatic rings. The largest absolute Gasteiger partial charge is 0.352 e. The number of thioether (sulfide) groups is 1. The molecule has 0 aliphatic carbocycles. The molecule has 0 unspecified atom stereocenters. The van der Waals surface area contributed by atoms with E-state index < -0.39 is 6.04 Å². The van der Waals surface area contributed by atoms with Crippen molar-refractivity contribution < 1.29 is 9.59 Å². The summed E-state index contributed by atoms with van der Waals surface area (Å²) < 4.78 is 0. The summed E-state index contributed by atoms with van der Waals surface area (Å²) in [6.07, 6.45) is 0.412. The number of amides is 2. The molecule has 0 aliphatic heterocycles. The van der Waals surface area contributed by atoms with Crippen molar-refractivity contribution in [2.75, 3.05) is 5.75 Å². The minimum atomic E-state index is -0.670. The van der Waals surface area contributed by atoms with Crippen LogP contribution in [0.3, 0.4) is 0 Å². The van der Waals surface area contributed by atoms with Crippen LogP contribution in [0.4, 0.5) is 0 Å². The molecular formula is C29H32Cl2N2O2S. The van der Waals surface area contributed by atoms with Crippen molar-refractivity contribution in [2.45, 2.75) is 51.6 Å². The Balaban J connectivity index is 1.87. The van der Waals surface area contributed by atoms with E-state index in [4.69, 9.17) is 23.2 Å². The molecule has 3 aromatic carbocycles. The third-order valence-electron chi connectivity index (χ3n) is 5.62. The molecule has 4 nitrogen and oxygen atoms in total. The van der Waals surface area contributed by atoms with Crippen LogP contribution < -0.4 is 5.32 Å². The summed E-state index contributed by atoms with van der Waals surface area (Å²) in [5, 5.41) is 3.87. The maximum absolute atomic E-state index is 13.6. The van der Waals surface area contributed by atoms with Gasteiger partial charge in [-0.3, -0.25) is 9.59 Å². The zero-order valence-corrected chi connectivity index (χ0v) is 23.2. The van der Waals surface area contributed by atoms with Gasteiger partial charge in [0.1, 0.15) is 6.04 Å². The van der Waals surface area contributed by atoms with Gasteiger partial charge in [-0.1, -0.05) is 89.4 Å². The summed E-state index contributed by atoms with van der Waals surface area (Å²) in [4.78, 5) is 28.7. The smallest absolute Gasteiger partial charge is 0.243 e. The van der Waals surface area contributed by atoms with Gasteiger partial charge in [0, 0.05) is 24.8 Å². The molecule has 1 N–H and O–H groups in total. The molecule has 0 heterocycles. The molecule has 0 spiro atoms. The standard InChI is InChI=1S/C29H32Cl2N2O2S/c1-20(2)32-29(35)27(16-22-9-5-4-6-10-22)33(17-23-12-13-25(30)26(31)15-23)28(34)19-36-18-24-11-7-8-21(3)14-24/h4-15,20,27H,16-19H2,1-3H3,(H,32,35)/t27-/m0/s1. The lowest BCUT2D eigenvalue weighted by molar-refractivity contribution is -0.139. The molecule has 1 atom stereocenters. The Bertz CT molecular complexity index is 1170. The molecule has 2 amide bonds. The number of benzene rings is 3. The number of rotatable bonds is 11. The Morgan fingerprint density at radius 2 is 1.61 bits per heavy atom. The van der Waals surface area contributed by atoms with Gasteiger partial charge in [0.15, 0.2) is 0 Å². The van der Waals surface area contributed by atoms with E-state index in [-0.39, 0.29) is 30.2 Å². The lowest BCUT2D eigenvalue weighted by Crippen LogP contribution is -2.52. The Labute approximate surface area is 228 Å². The van der Waals surface area contributed by atoms with Gasteiger partial charge >= 0.3 is 0 Å². The van der Waals surface area contributed by atoms with E-state index in [2.05, 4.69) is 30.4 Å². The average molecular weight is 544 g/mol. The number of carbonyl (C=O) groups excluding carboxylic acids is 2. The number of hydrogen-bond acceptors (Lipinski definition) is 3. The van der Waals surface area contributed by atoms with E-state index >= 15 is 0 Å². The number of nitrogens with one attached hydrogen (secondary N) is 1. The molecule has 7 heteroatoms. The van der Waals surface area contributed by atoms with Gasteiger partial charge < -0.3 is 10.2 Å². The van der Waals surface area contributed by atoms with Gasteiger partial charge in [-0.2, -0.15) is 0 Å². The van der Waals surface area contributed by atoms with E-state index in [0.29, 0.717) is 16.5 Å². The van der Waals surface area contributed by atoms with Crippen molar-refractivity contribution in [2.24, 2.45) is 0 Å². The molecule has 0 saturated heterocycles. The second-order valence-corrected chi connectivity index (χ2v) is 10.9. The monoisotopic (exact) mass is 542 g/mol. The number of aryl methyl sites for hydroxylation is 1. The highest BCUT2D eigenvalue weighted by atomic mass is 35.5. The first kappa shape index (κ1) is 28.1. The molecule has 0 radical (unpaired) electrons. The molecule has 0 bridgehead atoms. The number of hydrogen-bond donors (Lipinski definition) is 1. The molecule has 0 aromatic heterocycles. The summed E-state index contributed by atoms with van der Waals surface area (Å²) in [5.74, 6) is 0.704. The fraction of sp³-hybridized carbons (Fsp3) is 0.310. The Kier molecular flexibility index (Phi) is 10.7. The maximum Gasteiger partial charge on any atom is 0.243 e. The minimum Gasteiger partial charge on any atom is -0.352 e. The first-order chi connectivity index (χ1) is 17.2. The topological polar surface area (TPSA) is 49.4 Å². The van der Waals surface area contributed by atoms with Crippen molar-refractivity contribution in [3.8, 4) is 0 Å². The van der Waals surface area contributed by atoms with Crippen LogP contribution in [0.2, 0.25) is 10.0 Å². The number of nitrogens with zero attached hydrogens (tertiary/aromatic N) is 1. The highest BCUT2D eigenvalue weighted by Gasteiger charge is 2.30. The van der Waals surface area contributed by atoms with Crippen molar-refractivity contribution in [3.63, 3.8) is 0 Å². The molecular weight excluding hydrogens is 511 g/mol. The fourth-order valence-electron chi connectivity index (χ4n) is 3.91. The Morgan fingerprint density at radius 1 is 0.889 bits per heavy atom. The van der Waals surface area contributed by atoms with Crippen LogP contribution in [0.1, 0.15) is 36.1 Å². The van der Waals surface area contributed by atoms with Crippen LogP contribution in [-0.2, 0) is 28.3 Å². The van der Waals surface area contributed by atoms with E-state index in [1.165, 1.54) is 11.1 Å². The molecule has 0 fully saturated rings. The van der Waals surface area contributed by atoms with Crippen LogP contribution in [0, 0.1) is 6.92 Å². The fourth-order valence-corrected chi connectivity index (χ4v) is 5.09. The third-order valence-corrected chi connectivity index (χ3v) is 7.34. The van der Waals surface area contributed by atoms with Crippen molar-refractivity contribution in [1.29, 1.82) is 0 Å². The quantitative estimate of drug-likeness (QED) is 0.293. The minimum absolute atomic E-state index is 0.0478. The predicted molar refractivity (Wildman–Crippen MR) is 152 cm³/mol. The van der Waals surface area contributed by atoms with Gasteiger partial charge in [0.05, 0.1) is 15.8 Å². The van der Waals surface area contributed by atoms with Gasteiger partial charge in [-0.05, 0) is 49.6 Å². The second-order valence-electron chi connectivity index (χ2n) is 9.12. The highest BCUT2D eigenvalue weighted by Crippen LogP contribution is 2.25. The molecule has 3 rings (SSSR count). The van der Waals surface area contributed by atoms with E-state index in [1.54, 1.807) is 28.8 Å². The first-order valence-electron chi connectivity index (χ1n) is 11.9. The molecule has 190 valence electrons. The molecule has 0 saturated carbocycles. The molecule has 36 heavy (non-hydrogen) atoms. The zero-order valence-electron chi connectivity index (χ0n) is 20.8. The summed E-state index contributed by atoms with van der Waals surface area (Å²) in [5.41, 5.74) is 4.16. The summed E-state index contributed by atoms with van der Waals surface area (Å²) in [6.45, 7) is 6.14. The zero-order chi connectivity index (χ0) is 26.1. The van der Waals surface area contributed by atoms with Gasteiger partial charge in [0.25, 0.3) is 0 Å². The summed E-state index contributed by atoms with van der Waals surface area (Å²) in [6, 6.07) is 22.6. The van der Waals surface area contributed by atoms with Crippen LogP contribution >= 0.6 is 35.0 Å². The summed E-state index contributed by atoms with van der Waals surface area (Å²) in [7, 11) is 0. The lowest BCUT2D eigenvalue weighted by atomic mass is 10.0.